The fraction of sp³-hybridized carbons (Fsp3) is 0.143. The van der Waals surface area contributed by atoms with Crippen molar-refractivity contribution in [3.63, 3.8) is 0 Å². The summed E-state index contributed by atoms with van der Waals surface area (Å²) in [7, 11) is 0. The van der Waals surface area contributed by atoms with Crippen LogP contribution in [0.5, 0.6) is 0 Å². The molecule has 19 heavy (non-hydrogen) atoms. The second-order valence-corrected chi connectivity index (χ2v) is 4.45. The molecule has 3 nitrogen and oxygen atoms in total. The Morgan fingerprint density at radius 2 is 1.74 bits per heavy atom. The molecule has 0 bridgehead atoms. The van der Waals surface area contributed by atoms with Gasteiger partial charge in [0.15, 0.2) is 11.6 Å². The minimum Gasteiger partial charge on any atom is -0.338 e. The fourth-order valence-corrected chi connectivity index (χ4v) is 2.07. The molecule has 2 aromatic heterocycles. The summed E-state index contributed by atoms with van der Waals surface area (Å²) in [5, 5.41) is 0. The van der Waals surface area contributed by atoms with Crippen LogP contribution in [0.2, 0.25) is 0 Å². The number of halogens is 2. The highest BCUT2D eigenvalue weighted by molar-refractivity contribution is 5.79. The van der Waals surface area contributed by atoms with Crippen LogP contribution in [0, 0.1) is 25.5 Å². The number of aromatic amines is 1. The van der Waals surface area contributed by atoms with Crippen molar-refractivity contribution >= 4 is 11.0 Å². The summed E-state index contributed by atoms with van der Waals surface area (Å²) in [6, 6.07) is 5.96. The first-order valence-electron chi connectivity index (χ1n) is 5.84. The highest BCUT2D eigenvalue weighted by Crippen LogP contribution is 2.24. The summed E-state index contributed by atoms with van der Waals surface area (Å²) >= 11 is 0. The van der Waals surface area contributed by atoms with Gasteiger partial charge in [0.1, 0.15) is 5.82 Å². The SMILES string of the molecule is Cc1ccc(-c2nc3cc(F)c(F)cc3[nH]2)c(C)n1. The van der Waals surface area contributed by atoms with Crippen molar-refractivity contribution < 1.29 is 8.78 Å². The number of benzene rings is 1. The van der Waals surface area contributed by atoms with E-state index in [-0.39, 0.29) is 0 Å². The Labute approximate surface area is 108 Å². The third-order valence-electron chi connectivity index (χ3n) is 3.00. The van der Waals surface area contributed by atoms with Crippen molar-refractivity contribution in [3.8, 4) is 11.4 Å². The summed E-state index contributed by atoms with van der Waals surface area (Å²) in [6.45, 7) is 3.77. The maximum Gasteiger partial charge on any atom is 0.161 e. The summed E-state index contributed by atoms with van der Waals surface area (Å²) in [5.74, 6) is -1.23. The Hall–Kier alpha value is -2.30. The third-order valence-corrected chi connectivity index (χ3v) is 3.00. The van der Waals surface area contributed by atoms with Gasteiger partial charge in [-0.3, -0.25) is 4.98 Å². The average Bonchev–Trinajstić information content (AvgIpc) is 2.72. The second-order valence-electron chi connectivity index (χ2n) is 4.45. The van der Waals surface area contributed by atoms with E-state index in [2.05, 4.69) is 15.0 Å². The largest absolute Gasteiger partial charge is 0.338 e. The van der Waals surface area contributed by atoms with E-state index in [9.17, 15) is 8.78 Å². The smallest absolute Gasteiger partial charge is 0.161 e. The summed E-state index contributed by atoms with van der Waals surface area (Å²) in [4.78, 5) is 11.6. The molecule has 0 radical (unpaired) electrons. The molecule has 0 unspecified atom stereocenters. The van der Waals surface area contributed by atoms with Gasteiger partial charge in [-0.1, -0.05) is 0 Å². The molecule has 0 aliphatic heterocycles. The molecule has 0 saturated carbocycles. The normalized spacial score (nSPS) is 11.2. The van der Waals surface area contributed by atoms with Gasteiger partial charge in [0.2, 0.25) is 0 Å². The number of hydrogen-bond acceptors (Lipinski definition) is 2. The molecule has 0 aliphatic rings. The standard InChI is InChI=1S/C14H11F2N3/c1-7-3-4-9(8(2)17-7)14-18-12-5-10(15)11(16)6-13(12)19-14/h3-6H,1-2H3,(H,18,19). The van der Waals surface area contributed by atoms with Crippen LogP contribution in [0.15, 0.2) is 24.3 Å². The molecule has 96 valence electrons. The van der Waals surface area contributed by atoms with Gasteiger partial charge in [-0.25, -0.2) is 13.8 Å². The third kappa shape index (κ3) is 1.97. The number of aromatic nitrogens is 3. The van der Waals surface area contributed by atoms with Crippen LogP contribution in [-0.2, 0) is 0 Å². The lowest BCUT2D eigenvalue weighted by Crippen LogP contribution is -1.91. The number of pyridine rings is 1. The molecule has 2 heterocycles. The van der Waals surface area contributed by atoms with Crippen molar-refractivity contribution in [2.24, 2.45) is 0 Å². The maximum atomic E-state index is 13.2. The molecule has 0 aliphatic carbocycles. The lowest BCUT2D eigenvalue weighted by Gasteiger charge is -2.02. The first-order chi connectivity index (χ1) is 9.04. The van der Waals surface area contributed by atoms with Crippen molar-refractivity contribution in [3.05, 3.63) is 47.3 Å². The zero-order chi connectivity index (χ0) is 13.6. The van der Waals surface area contributed by atoms with E-state index in [1.165, 1.54) is 0 Å². The van der Waals surface area contributed by atoms with Crippen molar-refractivity contribution in [2.75, 3.05) is 0 Å². The van der Waals surface area contributed by atoms with Crippen molar-refractivity contribution in [1.82, 2.24) is 15.0 Å². The Bertz CT molecular complexity index is 739. The summed E-state index contributed by atoms with van der Waals surface area (Å²) in [5.41, 5.74) is 3.42. The highest BCUT2D eigenvalue weighted by Gasteiger charge is 2.11. The van der Waals surface area contributed by atoms with Gasteiger partial charge in [0.05, 0.1) is 11.0 Å². The number of rotatable bonds is 1. The molecule has 0 atom stereocenters. The molecule has 0 spiro atoms. The van der Waals surface area contributed by atoms with Crippen LogP contribution in [0.3, 0.4) is 0 Å². The van der Waals surface area contributed by atoms with E-state index in [0.29, 0.717) is 16.9 Å². The van der Waals surface area contributed by atoms with E-state index < -0.39 is 11.6 Å². The Morgan fingerprint density at radius 3 is 2.47 bits per heavy atom. The van der Waals surface area contributed by atoms with E-state index in [1.807, 2.05) is 26.0 Å². The maximum absolute atomic E-state index is 13.2. The number of imidazole rings is 1. The van der Waals surface area contributed by atoms with Gasteiger partial charge in [-0.2, -0.15) is 0 Å². The highest BCUT2D eigenvalue weighted by atomic mass is 19.2. The Morgan fingerprint density at radius 1 is 1.00 bits per heavy atom. The molecular weight excluding hydrogens is 248 g/mol. The zero-order valence-corrected chi connectivity index (χ0v) is 10.5. The average molecular weight is 259 g/mol. The zero-order valence-electron chi connectivity index (χ0n) is 10.5. The van der Waals surface area contributed by atoms with Gasteiger partial charge < -0.3 is 4.98 Å². The van der Waals surface area contributed by atoms with Gasteiger partial charge >= 0.3 is 0 Å². The van der Waals surface area contributed by atoms with E-state index in [0.717, 1.165) is 29.1 Å². The molecule has 3 aromatic rings. The first kappa shape index (κ1) is 11.8. The predicted octanol–water partition coefficient (Wildman–Crippen LogP) is 3.52. The topological polar surface area (TPSA) is 41.6 Å². The summed E-state index contributed by atoms with van der Waals surface area (Å²) < 4.78 is 26.3. The molecule has 5 heteroatoms. The summed E-state index contributed by atoms with van der Waals surface area (Å²) in [6.07, 6.45) is 0. The quantitative estimate of drug-likeness (QED) is 0.726. The van der Waals surface area contributed by atoms with Gasteiger partial charge in [-0.05, 0) is 26.0 Å². The number of nitrogens with one attached hydrogen (secondary N) is 1. The monoisotopic (exact) mass is 259 g/mol. The number of H-pyrrole nitrogens is 1. The van der Waals surface area contributed by atoms with E-state index in [4.69, 9.17) is 0 Å². The van der Waals surface area contributed by atoms with Crippen molar-refractivity contribution in [1.29, 1.82) is 0 Å². The van der Waals surface area contributed by atoms with Gasteiger partial charge in [0, 0.05) is 29.1 Å². The number of hydrogen-bond donors (Lipinski definition) is 1. The predicted molar refractivity (Wildman–Crippen MR) is 68.7 cm³/mol. The van der Waals surface area contributed by atoms with Crippen LogP contribution >= 0.6 is 0 Å². The fourth-order valence-electron chi connectivity index (χ4n) is 2.07. The molecule has 0 amide bonds. The first-order valence-corrected chi connectivity index (χ1v) is 5.84. The Balaban J connectivity index is 2.20. The number of nitrogens with zero attached hydrogens (tertiary/aromatic N) is 2. The van der Waals surface area contributed by atoms with E-state index >= 15 is 0 Å². The van der Waals surface area contributed by atoms with E-state index in [1.54, 1.807) is 0 Å². The van der Waals surface area contributed by atoms with Crippen LogP contribution < -0.4 is 0 Å². The second kappa shape index (κ2) is 4.12. The molecule has 1 N–H and O–H groups in total. The van der Waals surface area contributed by atoms with Crippen molar-refractivity contribution in [2.45, 2.75) is 13.8 Å². The molecule has 0 saturated heterocycles. The van der Waals surface area contributed by atoms with Gasteiger partial charge in [0.25, 0.3) is 0 Å². The van der Waals surface area contributed by atoms with Crippen LogP contribution in [0.1, 0.15) is 11.4 Å². The minimum absolute atomic E-state index is 0.397. The number of aryl methyl sites for hydroxylation is 2. The lowest BCUT2D eigenvalue weighted by molar-refractivity contribution is 0.510. The van der Waals surface area contributed by atoms with Crippen LogP contribution in [0.25, 0.3) is 22.4 Å². The lowest BCUT2D eigenvalue weighted by atomic mass is 10.2. The van der Waals surface area contributed by atoms with Gasteiger partial charge in [-0.15, -0.1) is 0 Å². The van der Waals surface area contributed by atoms with Crippen LogP contribution in [0.4, 0.5) is 8.78 Å². The number of fused-ring (bicyclic) bond motifs is 1. The Kier molecular flexibility index (Phi) is 2.55. The molecular formula is C14H11F2N3. The molecule has 1 aromatic carbocycles. The minimum atomic E-state index is -0.899. The van der Waals surface area contributed by atoms with Crippen LogP contribution in [-0.4, -0.2) is 15.0 Å². The molecule has 0 fully saturated rings. The molecule has 3 rings (SSSR count).